The van der Waals surface area contributed by atoms with E-state index in [0.29, 0.717) is 22.7 Å². The van der Waals surface area contributed by atoms with E-state index in [9.17, 15) is 19.7 Å². The zero-order chi connectivity index (χ0) is 24.7. The summed E-state index contributed by atoms with van der Waals surface area (Å²) in [4.78, 5) is 41.3. The molecular weight excluding hydrogens is 440 g/mol. The molecule has 178 valence electrons. The first-order valence-corrected chi connectivity index (χ1v) is 10.8. The van der Waals surface area contributed by atoms with Crippen molar-refractivity contribution in [2.24, 2.45) is 10.9 Å². The van der Waals surface area contributed by atoms with Gasteiger partial charge in [0, 0.05) is 29.5 Å². The number of ether oxygens (including phenoxy) is 3. The van der Waals surface area contributed by atoms with Crippen molar-refractivity contribution in [3.63, 3.8) is 0 Å². The predicted octanol–water partition coefficient (Wildman–Crippen LogP) is 4.23. The van der Waals surface area contributed by atoms with Crippen LogP contribution < -0.4 is 4.74 Å². The number of allylic oxidation sites excluding steroid dienone is 1. The number of nitro groups is 1. The number of nitro benzene ring substituents is 1. The fourth-order valence-corrected chi connectivity index (χ4v) is 3.92. The van der Waals surface area contributed by atoms with Crippen molar-refractivity contribution in [2.75, 3.05) is 19.8 Å². The van der Waals surface area contributed by atoms with Crippen LogP contribution in [-0.2, 0) is 19.1 Å². The number of hydrogen-bond acceptors (Lipinski definition) is 8. The molecule has 1 aliphatic rings. The van der Waals surface area contributed by atoms with Crippen molar-refractivity contribution in [3.8, 4) is 5.75 Å². The van der Waals surface area contributed by atoms with Crippen molar-refractivity contribution < 1.29 is 28.7 Å². The minimum absolute atomic E-state index is 0.0288. The molecule has 0 N–H and O–H groups in total. The third kappa shape index (κ3) is 5.67. The largest absolute Gasteiger partial charge is 0.490 e. The Balaban J connectivity index is 1.90. The van der Waals surface area contributed by atoms with Crippen LogP contribution in [0.15, 0.2) is 70.9 Å². The Kier molecular flexibility index (Phi) is 8.13. The van der Waals surface area contributed by atoms with Crippen molar-refractivity contribution in [1.29, 1.82) is 0 Å². The van der Waals surface area contributed by atoms with Gasteiger partial charge in [0.15, 0.2) is 0 Å². The quantitative estimate of drug-likeness (QED) is 0.235. The van der Waals surface area contributed by atoms with Gasteiger partial charge in [-0.25, -0.2) is 4.79 Å². The number of carbonyl (C=O) groups is 2. The monoisotopic (exact) mass is 466 g/mol. The molecule has 0 spiro atoms. The van der Waals surface area contributed by atoms with Gasteiger partial charge in [-0.3, -0.25) is 19.9 Å². The summed E-state index contributed by atoms with van der Waals surface area (Å²) in [5.41, 5.74) is 1.26. The highest BCUT2D eigenvalue weighted by Crippen LogP contribution is 2.41. The summed E-state index contributed by atoms with van der Waals surface area (Å²) in [7, 11) is 0. The van der Waals surface area contributed by atoms with Crippen LogP contribution in [0.3, 0.4) is 0 Å². The van der Waals surface area contributed by atoms with E-state index in [0.717, 1.165) is 0 Å². The van der Waals surface area contributed by atoms with Crippen LogP contribution in [0.2, 0.25) is 0 Å². The van der Waals surface area contributed by atoms with E-state index in [1.807, 2.05) is 18.2 Å². The second-order valence-corrected chi connectivity index (χ2v) is 7.61. The third-order valence-electron chi connectivity index (χ3n) is 5.36. The van der Waals surface area contributed by atoms with Gasteiger partial charge in [0.2, 0.25) is 0 Å². The average Bonchev–Trinajstić information content (AvgIpc) is 2.82. The van der Waals surface area contributed by atoms with Crippen LogP contribution >= 0.6 is 0 Å². The van der Waals surface area contributed by atoms with Crippen LogP contribution in [0.1, 0.15) is 32.3 Å². The van der Waals surface area contributed by atoms with E-state index >= 15 is 0 Å². The summed E-state index contributed by atoms with van der Waals surface area (Å²) >= 11 is 0. The molecule has 2 atom stereocenters. The molecule has 0 saturated carbocycles. The fraction of sp³-hybridized carbons (Fsp3) is 0.320. The van der Waals surface area contributed by atoms with E-state index in [1.165, 1.54) is 18.2 Å². The van der Waals surface area contributed by atoms with Gasteiger partial charge in [0.1, 0.15) is 24.9 Å². The summed E-state index contributed by atoms with van der Waals surface area (Å²) in [6.07, 6.45) is 0. The summed E-state index contributed by atoms with van der Waals surface area (Å²) in [5.74, 6) is -2.36. The first-order chi connectivity index (χ1) is 16.3. The molecule has 0 amide bonds. The first-order valence-electron chi connectivity index (χ1n) is 10.8. The van der Waals surface area contributed by atoms with Crippen LogP contribution in [0, 0.1) is 16.0 Å². The van der Waals surface area contributed by atoms with E-state index in [2.05, 4.69) is 4.99 Å². The molecule has 34 heavy (non-hydrogen) atoms. The van der Waals surface area contributed by atoms with Crippen molar-refractivity contribution in [2.45, 2.75) is 26.7 Å². The Bertz CT molecular complexity index is 1130. The van der Waals surface area contributed by atoms with Crippen molar-refractivity contribution in [3.05, 3.63) is 81.5 Å². The lowest BCUT2D eigenvalue weighted by Crippen LogP contribution is -2.36. The average molecular weight is 466 g/mol. The standard InChI is InChI=1S/C25H26N2O7/c1-4-32-24(28)21-16(2)26-17(3)22(23(21)18-9-8-10-19(15-18)27(30)31)25(29)34-14-13-33-20-11-6-5-7-12-20/h5-12,15,21,23H,4,13-14H2,1-3H3. The van der Waals surface area contributed by atoms with E-state index in [4.69, 9.17) is 14.2 Å². The van der Waals surface area contributed by atoms with Gasteiger partial charge in [-0.05, 0) is 38.5 Å². The molecule has 1 aliphatic heterocycles. The molecule has 1 heterocycles. The minimum Gasteiger partial charge on any atom is -0.490 e. The van der Waals surface area contributed by atoms with Gasteiger partial charge in [-0.1, -0.05) is 30.3 Å². The number of para-hydroxylation sites is 1. The Labute approximate surface area is 197 Å². The molecule has 0 fully saturated rings. The second kappa shape index (κ2) is 11.2. The second-order valence-electron chi connectivity index (χ2n) is 7.61. The van der Waals surface area contributed by atoms with E-state index in [-0.39, 0.29) is 31.1 Å². The summed E-state index contributed by atoms with van der Waals surface area (Å²) < 4.78 is 16.3. The molecular formula is C25H26N2O7. The molecule has 2 unspecified atom stereocenters. The molecule has 0 aliphatic carbocycles. The molecule has 9 nitrogen and oxygen atoms in total. The number of hydrogen-bond donors (Lipinski definition) is 0. The van der Waals surface area contributed by atoms with Gasteiger partial charge >= 0.3 is 11.9 Å². The lowest BCUT2D eigenvalue weighted by atomic mass is 9.75. The maximum atomic E-state index is 13.2. The maximum Gasteiger partial charge on any atom is 0.336 e. The molecule has 9 heteroatoms. The highest BCUT2D eigenvalue weighted by Gasteiger charge is 2.42. The molecule has 2 aromatic rings. The molecule has 0 saturated heterocycles. The molecule has 2 aromatic carbocycles. The van der Waals surface area contributed by atoms with Crippen molar-refractivity contribution >= 4 is 23.3 Å². The number of aliphatic imine (C=N–C) groups is 1. The Morgan fingerprint density at radius 3 is 2.44 bits per heavy atom. The van der Waals surface area contributed by atoms with Gasteiger partial charge in [-0.15, -0.1) is 0 Å². The van der Waals surface area contributed by atoms with Crippen LogP contribution in [0.4, 0.5) is 5.69 Å². The normalized spacial score (nSPS) is 17.6. The topological polar surface area (TPSA) is 117 Å². The number of nitrogens with zero attached hydrogens (tertiary/aromatic N) is 2. The summed E-state index contributed by atoms with van der Waals surface area (Å²) in [6, 6.07) is 15.0. The molecule has 3 rings (SSSR count). The third-order valence-corrected chi connectivity index (χ3v) is 5.36. The van der Waals surface area contributed by atoms with Crippen LogP contribution in [-0.4, -0.2) is 42.4 Å². The number of rotatable bonds is 9. The SMILES string of the molecule is CCOC(=O)C1C(C)=NC(C)=C(C(=O)OCCOc2ccccc2)C1c1cccc([N+](=O)[O-])c1. The first kappa shape index (κ1) is 24.6. The van der Waals surface area contributed by atoms with E-state index < -0.39 is 28.7 Å². The van der Waals surface area contributed by atoms with E-state index in [1.54, 1.807) is 39.0 Å². The zero-order valence-corrected chi connectivity index (χ0v) is 19.2. The van der Waals surface area contributed by atoms with Crippen molar-refractivity contribution in [1.82, 2.24) is 0 Å². The summed E-state index contributed by atoms with van der Waals surface area (Å²) in [5, 5.41) is 11.4. The number of benzene rings is 2. The minimum atomic E-state index is -0.922. The van der Waals surface area contributed by atoms with Gasteiger partial charge in [0.05, 0.1) is 17.1 Å². The molecule has 0 bridgehead atoms. The lowest BCUT2D eigenvalue weighted by molar-refractivity contribution is -0.384. The van der Waals surface area contributed by atoms with Crippen LogP contribution in [0.25, 0.3) is 0 Å². The van der Waals surface area contributed by atoms with Gasteiger partial charge < -0.3 is 14.2 Å². The Morgan fingerprint density at radius 2 is 1.76 bits per heavy atom. The smallest absolute Gasteiger partial charge is 0.336 e. The number of non-ortho nitro benzene ring substituents is 1. The van der Waals surface area contributed by atoms with Crippen LogP contribution in [0.5, 0.6) is 5.75 Å². The number of esters is 2. The van der Waals surface area contributed by atoms with Gasteiger partial charge in [-0.2, -0.15) is 0 Å². The Hall–Kier alpha value is -4.01. The Morgan fingerprint density at radius 1 is 1.03 bits per heavy atom. The molecule has 0 radical (unpaired) electrons. The maximum absolute atomic E-state index is 13.2. The highest BCUT2D eigenvalue weighted by atomic mass is 16.6. The number of carbonyl (C=O) groups excluding carboxylic acids is 2. The van der Waals surface area contributed by atoms with Gasteiger partial charge in [0.25, 0.3) is 5.69 Å². The molecule has 0 aromatic heterocycles. The lowest BCUT2D eigenvalue weighted by Gasteiger charge is -2.31. The zero-order valence-electron chi connectivity index (χ0n) is 19.2. The summed E-state index contributed by atoms with van der Waals surface area (Å²) in [6.45, 7) is 5.24. The highest BCUT2D eigenvalue weighted by molar-refractivity contribution is 6.07. The fourth-order valence-electron chi connectivity index (χ4n) is 3.92. The predicted molar refractivity (Wildman–Crippen MR) is 125 cm³/mol.